The fraction of sp³-hybridized carbons (Fsp3) is 0.167. The van der Waals surface area contributed by atoms with Crippen molar-refractivity contribution in [1.29, 1.82) is 0 Å². The number of hydrogen-bond donors (Lipinski definition) is 2. The van der Waals surface area contributed by atoms with Crippen molar-refractivity contribution < 1.29 is 19.4 Å². The van der Waals surface area contributed by atoms with E-state index >= 15 is 0 Å². The minimum atomic E-state index is -1.64. The minimum absolute atomic E-state index is 0.0926. The number of benzene rings is 3. The third-order valence-corrected chi connectivity index (χ3v) is 5.17. The Morgan fingerprint density at radius 1 is 0.938 bits per heavy atom. The third kappa shape index (κ3) is 5.79. The first-order valence-corrected chi connectivity index (χ1v) is 10.7. The molecule has 3 aromatic carbocycles. The number of esters is 1. The molecule has 166 valence electrons. The molecule has 2 unspecified atom stereocenters. The van der Waals surface area contributed by atoms with Crippen LogP contribution in [0.25, 0.3) is 0 Å². The molecular weight excluding hydrogens is 451 g/mol. The number of nitrogens with one attached hydrogen (secondary N) is 1. The number of aliphatic hydroxyl groups is 1. The molecule has 32 heavy (non-hydrogen) atoms. The first-order chi connectivity index (χ1) is 15.4. The first kappa shape index (κ1) is 23.6. The highest BCUT2D eigenvalue weighted by molar-refractivity contribution is 6.31. The molecular formula is C24H22Cl2N2O4. The molecule has 3 rings (SSSR count). The molecule has 0 heterocycles. The number of amides is 2. The van der Waals surface area contributed by atoms with Gasteiger partial charge in [0.1, 0.15) is 6.04 Å². The van der Waals surface area contributed by atoms with Gasteiger partial charge >= 0.3 is 12.0 Å². The number of rotatable bonds is 7. The third-order valence-electron chi connectivity index (χ3n) is 4.67. The molecule has 0 saturated heterocycles. The van der Waals surface area contributed by atoms with Crippen LogP contribution in [-0.4, -0.2) is 29.8 Å². The van der Waals surface area contributed by atoms with Crippen molar-refractivity contribution in [2.75, 3.05) is 16.8 Å². The van der Waals surface area contributed by atoms with E-state index in [4.69, 9.17) is 27.9 Å². The summed E-state index contributed by atoms with van der Waals surface area (Å²) in [6, 6.07) is 20.3. The van der Waals surface area contributed by atoms with Crippen LogP contribution >= 0.6 is 23.2 Å². The van der Waals surface area contributed by atoms with Gasteiger partial charge in [-0.3, -0.25) is 4.90 Å². The summed E-state index contributed by atoms with van der Waals surface area (Å²) in [5, 5.41) is 14.8. The van der Waals surface area contributed by atoms with E-state index in [0.29, 0.717) is 27.0 Å². The molecule has 0 aliphatic rings. The molecule has 0 aliphatic carbocycles. The van der Waals surface area contributed by atoms with Gasteiger partial charge < -0.3 is 15.2 Å². The van der Waals surface area contributed by atoms with Crippen molar-refractivity contribution in [3.63, 3.8) is 0 Å². The maximum Gasteiger partial charge on any atom is 0.337 e. The maximum absolute atomic E-state index is 13.5. The molecule has 0 aromatic heterocycles. The summed E-state index contributed by atoms with van der Waals surface area (Å²) < 4.78 is 5.04. The SMILES string of the molecule is CCOC(=O)C(O)C(c1ccccc1)N(C(=O)Nc1ccc(Cl)cc1)c1ccc(Cl)cc1. The summed E-state index contributed by atoms with van der Waals surface area (Å²) in [6.45, 7) is 1.74. The van der Waals surface area contributed by atoms with Gasteiger partial charge in [-0.05, 0) is 61.0 Å². The predicted molar refractivity (Wildman–Crippen MR) is 126 cm³/mol. The van der Waals surface area contributed by atoms with E-state index in [-0.39, 0.29) is 6.61 Å². The van der Waals surface area contributed by atoms with E-state index in [0.717, 1.165) is 0 Å². The van der Waals surface area contributed by atoms with Crippen LogP contribution in [0.15, 0.2) is 78.9 Å². The highest BCUT2D eigenvalue weighted by Crippen LogP contribution is 2.32. The molecule has 6 nitrogen and oxygen atoms in total. The lowest BCUT2D eigenvalue weighted by atomic mass is 9.98. The summed E-state index contributed by atoms with van der Waals surface area (Å²) in [6.07, 6.45) is -1.64. The van der Waals surface area contributed by atoms with Crippen LogP contribution in [0.2, 0.25) is 10.0 Å². The average molecular weight is 473 g/mol. The Morgan fingerprint density at radius 3 is 2.06 bits per heavy atom. The van der Waals surface area contributed by atoms with Gasteiger partial charge in [0.25, 0.3) is 0 Å². The zero-order chi connectivity index (χ0) is 23.1. The van der Waals surface area contributed by atoms with Crippen molar-refractivity contribution in [1.82, 2.24) is 0 Å². The van der Waals surface area contributed by atoms with Gasteiger partial charge in [-0.1, -0.05) is 53.5 Å². The highest BCUT2D eigenvalue weighted by Gasteiger charge is 2.37. The second-order valence-corrected chi connectivity index (χ2v) is 7.71. The zero-order valence-corrected chi connectivity index (χ0v) is 18.8. The summed E-state index contributed by atoms with van der Waals surface area (Å²) in [5.41, 5.74) is 1.48. The number of halogens is 2. The molecule has 8 heteroatoms. The smallest absolute Gasteiger partial charge is 0.337 e. The second kappa shape index (κ2) is 11.0. The summed E-state index contributed by atoms with van der Waals surface area (Å²) in [7, 11) is 0. The van der Waals surface area contributed by atoms with Crippen molar-refractivity contribution in [3.05, 3.63) is 94.5 Å². The summed E-state index contributed by atoms with van der Waals surface area (Å²) in [5.74, 6) is -0.834. The molecule has 0 aliphatic heterocycles. The zero-order valence-electron chi connectivity index (χ0n) is 17.2. The molecule has 0 spiro atoms. The molecule has 2 N–H and O–H groups in total. The topological polar surface area (TPSA) is 78.9 Å². The normalized spacial score (nSPS) is 12.5. The van der Waals surface area contributed by atoms with Crippen molar-refractivity contribution in [3.8, 4) is 0 Å². The average Bonchev–Trinajstić information content (AvgIpc) is 2.80. The summed E-state index contributed by atoms with van der Waals surface area (Å²) in [4.78, 5) is 27.3. The Kier molecular flexibility index (Phi) is 8.11. The van der Waals surface area contributed by atoms with E-state index in [1.165, 1.54) is 4.90 Å². The Hall–Kier alpha value is -3.06. The van der Waals surface area contributed by atoms with Crippen LogP contribution in [0.3, 0.4) is 0 Å². The Morgan fingerprint density at radius 2 is 1.50 bits per heavy atom. The Bertz CT molecular complexity index is 1040. The number of nitrogens with zero attached hydrogens (tertiary/aromatic N) is 1. The second-order valence-electron chi connectivity index (χ2n) is 6.84. The van der Waals surface area contributed by atoms with E-state index in [1.54, 1.807) is 85.8 Å². The van der Waals surface area contributed by atoms with Crippen LogP contribution in [0.5, 0.6) is 0 Å². The largest absolute Gasteiger partial charge is 0.464 e. The molecule has 0 fully saturated rings. The molecule has 0 radical (unpaired) electrons. The van der Waals surface area contributed by atoms with Crippen LogP contribution in [-0.2, 0) is 9.53 Å². The van der Waals surface area contributed by atoms with Gasteiger partial charge in [0.2, 0.25) is 0 Å². The van der Waals surface area contributed by atoms with Gasteiger partial charge in [0, 0.05) is 21.4 Å². The van der Waals surface area contributed by atoms with Crippen molar-refractivity contribution in [2.24, 2.45) is 0 Å². The fourth-order valence-corrected chi connectivity index (χ4v) is 3.45. The molecule has 0 bridgehead atoms. The van der Waals surface area contributed by atoms with Crippen LogP contribution < -0.4 is 10.2 Å². The number of anilines is 2. The van der Waals surface area contributed by atoms with E-state index < -0.39 is 24.1 Å². The van der Waals surface area contributed by atoms with Crippen LogP contribution in [0.4, 0.5) is 16.2 Å². The number of carbonyl (C=O) groups is 2. The monoisotopic (exact) mass is 472 g/mol. The maximum atomic E-state index is 13.5. The molecule has 2 atom stereocenters. The number of hydrogen-bond acceptors (Lipinski definition) is 4. The number of ether oxygens (including phenoxy) is 1. The van der Waals surface area contributed by atoms with E-state index in [1.807, 2.05) is 0 Å². The van der Waals surface area contributed by atoms with E-state index in [2.05, 4.69) is 5.32 Å². The van der Waals surface area contributed by atoms with Crippen LogP contribution in [0.1, 0.15) is 18.5 Å². The lowest BCUT2D eigenvalue weighted by Gasteiger charge is -2.34. The Labute approximate surface area is 196 Å². The molecule has 3 aromatic rings. The number of carbonyl (C=O) groups excluding carboxylic acids is 2. The number of aliphatic hydroxyl groups excluding tert-OH is 1. The van der Waals surface area contributed by atoms with E-state index in [9.17, 15) is 14.7 Å². The van der Waals surface area contributed by atoms with Crippen LogP contribution in [0, 0.1) is 0 Å². The standard InChI is InChI=1S/C24H22Cl2N2O4/c1-2-32-23(30)22(29)21(16-6-4-3-5-7-16)28(20-14-10-18(26)11-15-20)24(31)27-19-12-8-17(25)9-13-19/h3-15,21-22,29H,2H2,1H3,(H,27,31). The lowest BCUT2D eigenvalue weighted by Crippen LogP contribution is -2.46. The highest BCUT2D eigenvalue weighted by atomic mass is 35.5. The van der Waals surface area contributed by atoms with Gasteiger partial charge in [-0.2, -0.15) is 0 Å². The van der Waals surface area contributed by atoms with Gasteiger partial charge in [-0.25, -0.2) is 9.59 Å². The minimum Gasteiger partial charge on any atom is -0.464 e. The van der Waals surface area contributed by atoms with Gasteiger partial charge in [-0.15, -0.1) is 0 Å². The Balaban J connectivity index is 2.08. The van der Waals surface area contributed by atoms with Crippen molar-refractivity contribution >= 4 is 46.6 Å². The van der Waals surface area contributed by atoms with Gasteiger partial charge in [0.05, 0.1) is 6.61 Å². The quantitative estimate of drug-likeness (QED) is 0.432. The molecule has 0 saturated carbocycles. The first-order valence-electron chi connectivity index (χ1n) is 9.91. The number of urea groups is 1. The molecule has 2 amide bonds. The fourth-order valence-electron chi connectivity index (χ4n) is 3.20. The van der Waals surface area contributed by atoms with Crippen molar-refractivity contribution in [2.45, 2.75) is 19.1 Å². The van der Waals surface area contributed by atoms with Gasteiger partial charge in [0.15, 0.2) is 6.10 Å². The lowest BCUT2D eigenvalue weighted by molar-refractivity contribution is -0.154. The predicted octanol–water partition coefficient (Wildman–Crippen LogP) is 5.70. The summed E-state index contributed by atoms with van der Waals surface area (Å²) >= 11 is 12.0.